The molecule has 0 spiro atoms. The van der Waals surface area contributed by atoms with Crippen molar-refractivity contribution in [3.05, 3.63) is 0 Å². The monoisotopic (exact) mass is 197 g/mol. The fraction of sp³-hybridized carbons (Fsp3) is 0.800. The molecule has 0 saturated carbocycles. The van der Waals surface area contributed by atoms with Gasteiger partial charge in [0.05, 0.1) is 12.6 Å². The third-order valence-corrected chi connectivity index (χ3v) is 1.63. The highest BCUT2D eigenvalue weighted by Crippen LogP contribution is 1.90. The molecule has 0 radical (unpaired) electrons. The molecule has 0 aliphatic heterocycles. The predicted molar refractivity (Wildman–Crippen MR) is 55.6 cm³/mol. The summed E-state index contributed by atoms with van der Waals surface area (Å²) in [6.07, 6.45) is 2.44. The largest absolute Gasteiger partial charge is 0.353 e. The van der Waals surface area contributed by atoms with Gasteiger partial charge in [0.25, 0.3) is 0 Å². The van der Waals surface area contributed by atoms with Gasteiger partial charge in [-0.1, -0.05) is 0 Å². The molecule has 0 rings (SSSR count). The van der Waals surface area contributed by atoms with E-state index >= 15 is 0 Å². The van der Waals surface area contributed by atoms with Crippen LogP contribution < -0.4 is 10.6 Å². The lowest BCUT2D eigenvalue weighted by Crippen LogP contribution is -2.37. The molecule has 0 aliphatic rings. The van der Waals surface area contributed by atoms with Crippen molar-refractivity contribution >= 4 is 5.91 Å². The summed E-state index contributed by atoms with van der Waals surface area (Å²) in [5, 5.41) is 14.1. The summed E-state index contributed by atoms with van der Waals surface area (Å²) >= 11 is 0. The fourth-order valence-corrected chi connectivity index (χ4v) is 1.03. The molecule has 2 N–H and O–H groups in total. The minimum atomic E-state index is 0.0280. The van der Waals surface area contributed by atoms with Crippen molar-refractivity contribution in [1.29, 1.82) is 5.26 Å². The minimum Gasteiger partial charge on any atom is -0.353 e. The minimum absolute atomic E-state index is 0.0280. The van der Waals surface area contributed by atoms with Gasteiger partial charge in [-0.15, -0.1) is 0 Å². The third-order valence-electron chi connectivity index (χ3n) is 1.63. The van der Waals surface area contributed by atoms with E-state index < -0.39 is 0 Å². The van der Waals surface area contributed by atoms with Crippen LogP contribution in [0.1, 0.15) is 33.1 Å². The average Bonchev–Trinajstić information content (AvgIpc) is 2.10. The van der Waals surface area contributed by atoms with Crippen molar-refractivity contribution in [1.82, 2.24) is 10.6 Å². The summed E-state index contributed by atoms with van der Waals surface area (Å²) in [7, 11) is 0. The van der Waals surface area contributed by atoms with Gasteiger partial charge in [0, 0.05) is 12.5 Å². The Labute approximate surface area is 85.7 Å². The Morgan fingerprint density at radius 2 is 2.14 bits per heavy atom. The lowest BCUT2D eigenvalue weighted by atomic mass is 10.2. The second kappa shape index (κ2) is 8.52. The van der Waals surface area contributed by atoms with E-state index in [2.05, 4.69) is 16.7 Å². The molecule has 80 valence electrons. The molecule has 0 aromatic rings. The summed E-state index contributed by atoms with van der Waals surface area (Å²) in [5.41, 5.74) is 0. The molecule has 4 heteroatoms. The number of nitrogens with one attached hydrogen (secondary N) is 2. The molecule has 1 amide bonds. The molecule has 0 saturated heterocycles. The highest BCUT2D eigenvalue weighted by molar-refractivity contribution is 5.78. The van der Waals surface area contributed by atoms with Crippen LogP contribution in [0.4, 0.5) is 0 Å². The smallest absolute Gasteiger partial charge is 0.234 e. The zero-order chi connectivity index (χ0) is 10.8. The Hall–Kier alpha value is -1.08. The van der Waals surface area contributed by atoms with Crippen molar-refractivity contribution in [3.8, 4) is 6.07 Å². The fourth-order valence-electron chi connectivity index (χ4n) is 1.03. The van der Waals surface area contributed by atoms with Crippen molar-refractivity contribution in [2.75, 3.05) is 13.1 Å². The summed E-state index contributed by atoms with van der Waals surface area (Å²) in [4.78, 5) is 11.1. The molecule has 0 unspecified atom stereocenters. The van der Waals surface area contributed by atoms with Gasteiger partial charge in [-0.2, -0.15) is 5.26 Å². The highest BCUT2D eigenvalue weighted by atomic mass is 16.1. The lowest BCUT2D eigenvalue weighted by molar-refractivity contribution is -0.120. The number of hydrogen-bond donors (Lipinski definition) is 2. The van der Waals surface area contributed by atoms with Crippen LogP contribution in [0.2, 0.25) is 0 Å². The van der Waals surface area contributed by atoms with E-state index in [4.69, 9.17) is 5.26 Å². The Bertz CT molecular complexity index is 196. The third kappa shape index (κ3) is 9.01. The van der Waals surface area contributed by atoms with Gasteiger partial charge in [-0.05, 0) is 33.2 Å². The molecular formula is C10H19N3O. The summed E-state index contributed by atoms with van der Waals surface area (Å²) in [5.74, 6) is 0.0280. The van der Waals surface area contributed by atoms with E-state index in [-0.39, 0.29) is 11.9 Å². The van der Waals surface area contributed by atoms with Crippen molar-refractivity contribution < 1.29 is 4.79 Å². The quantitative estimate of drug-likeness (QED) is 0.593. The molecule has 14 heavy (non-hydrogen) atoms. The standard InChI is InChI=1S/C10H19N3O/c1-9(2)13-10(14)8-12-7-5-3-4-6-11/h9,12H,3-5,7-8H2,1-2H3,(H,13,14). The number of carbonyl (C=O) groups excluding carboxylic acids is 1. The lowest BCUT2D eigenvalue weighted by Gasteiger charge is -2.08. The van der Waals surface area contributed by atoms with Crippen LogP contribution in [-0.2, 0) is 4.79 Å². The molecule has 0 heterocycles. The molecule has 4 nitrogen and oxygen atoms in total. The number of nitriles is 1. The van der Waals surface area contributed by atoms with Gasteiger partial charge in [0.1, 0.15) is 0 Å². The van der Waals surface area contributed by atoms with Crippen LogP contribution in [0.15, 0.2) is 0 Å². The number of amides is 1. The van der Waals surface area contributed by atoms with Gasteiger partial charge in [-0.3, -0.25) is 4.79 Å². The van der Waals surface area contributed by atoms with E-state index in [9.17, 15) is 4.79 Å². The highest BCUT2D eigenvalue weighted by Gasteiger charge is 2.00. The van der Waals surface area contributed by atoms with Gasteiger partial charge in [-0.25, -0.2) is 0 Å². The normalized spacial score (nSPS) is 9.86. The molecule has 0 aliphatic carbocycles. The summed E-state index contributed by atoms with van der Waals surface area (Å²) in [6.45, 7) is 5.04. The topological polar surface area (TPSA) is 64.9 Å². The first kappa shape index (κ1) is 12.9. The van der Waals surface area contributed by atoms with Crippen LogP contribution in [-0.4, -0.2) is 25.0 Å². The van der Waals surface area contributed by atoms with E-state index in [0.29, 0.717) is 13.0 Å². The second-order valence-electron chi connectivity index (χ2n) is 3.51. The van der Waals surface area contributed by atoms with Crippen LogP contribution >= 0.6 is 0 Å². The Morgan fingerprint density at radius 3 is 2.71 bits per heavy atom. The van der Waals surface area contributed by atoms with Gasteiger partial charge >= 0.3 is 0 Å². The Morgan fingerprint density at radius 1 is 1.43 bits per heavy atom. The average molecular weight is 197 g/mol. The first-order valence-corrected chi connectivity index (χ1v) is 5.04. The molecule has 0 aromatic carbocycles. The SMILES string of the molecule is CC(C)NC(=O)CNCCCCC#N. The van der Waals surface area contributed by atoms with Crippen LogP contribution in [0.5, 0.6) is 0 Å². The zero-order valence-electron chi connectivity index (χ0n) is 8.97. The van der Waals surface area contributed by atoms with Crippen LogP contribution in [0, 0.1) is 11.3 Å². The maximum Gasteiger partial charge on any atom is 0.234 e. The number of carbonyl (C=O) groups is 1. The molecule has 0 aromatic heterocycles. The zero-order valence-corrected chi connectivity index (χ0v) is 8.97. The number of hydrogen-bond acceptors (Lipinski definition) is 3. The van der Waals surface area contributed by atoms with E-state index in [0.717, 1.165) is 19.4 Å². The first-order chi connectivity index (χ1) is 6.66. The van der Waals surface area contributed by atoms with E-state index in [1.165, 1.54) is 0 Å². The van der Waals surface area contributed by atoms with Gasteiger partial charge < -0.3 is 10.6 Å². The van der Waals surface area contributed by atoms with E-state index in [1.54, 1.807) is 0 Å². The number of nitrogens with zero attached hydrogens (tertiary/aromatic N) is 1. The Kier molecular flexibility index (Phi) is 7.86. The van der Waals surface area contributed by atoms with Gasteiger partial charge in [0.2, 0.25) is 5.91 Å². The van der Waals surface area contributed by atoms with Crippen molar-refractivity contribution in [3.63, 3.8) is 0 Å². The first-order valence-electron chi connectivity index (χ1n) is 5.04. The number of unbranched alkanes of at least 4 members (excludes halogenated alkanes) is 2. The molecular weight excluding hydrogens is 178 g/mol. The van der Waals surface area contributed by atoms with Crippen molar-refractivity contribution in [2.45, 2.75) is 39.2 Å². The maximum atomic E-state index is 11.1. The Balaban J connectivity index is 3.20. The maximum absolute atomic E-state index is 11.1. The van der Waals surface area contributed by atoms with Crippen molar-refractivity contribution in [2.24, 2.45) is 0 Å². The van der Waals surface area contributed by atoms with Gasteiger partial charge in [0.15, 0.2) is 0 Å². The molecule has 0 atom stereocenters. The number of rotatable bonds is 7. The summed E-state index contributed by atoms with van der Waals surface area (Å²) in [6, 6.07) is 2.28. The second-order valence-corrected chi connectivity index (χ2v) is 3.51. The predicted octanol–water partition coefficient (Wildman–Crippen LogP) is 0.794. The van der Waals surface area contributed by atoms with Crippen LogP contribution in [0.3, 0.4) is 0 Å². The van der Waals surface area contributed by atoms with E-state index in [1.807, 2.05) is 13.8 Å². The summed E-state index contributed by atoms with van der Waals surface area (Å²) < 4.78 is 0. The molecule has 0 bridgehead atoms. The molecule has 0 fully saturated rings. The van der Waals surface area contributed by atoms with Crippen LogP contribution in [0.25, 0.3) is 0 Å².